The Kier molecular flexibility index (Phi) is 63.2. The Bertz CT molecular complexity index is 1380. The van der Waals surface area contributed by atoms with Crippen LogP contribution in [-0.4, -0.2) is 37.2 Å². The van der Waals surface area contributed by atoms with Gasteiger partial charge in [0.15, 0.2) is 6.10 Å². The summed E-state index contributed by atoms with van der Waals surface area (Å²) >= 11 is 0. The summed E-state index contributed by atoms with van der Waals surface area (Å²) in [4.78, 5) is 38.1. The zero-order valence-corrected chi connectivity index (χ0v) is 51.5. The second-order valence-electron chi connectivity index (χ2n) is 22.7. The maximum absolute atomic E-state index is 12.8. The van der Waals surface area contributed by atoms with Gasteiger partial charge in [-0.2, -0.15) is 0 Å². The highest BCUT2D eigenvalue weighted by Gasteiger charge is 2.19. The van der Waals surface area contributed by atoms with Crippen LogP contribution in [0.15, 0.2) is 60.8 Å². The van der Waals surface area contributed by atoms with Gasteiger partial charge in [0.1, 0.15) is 13.2 Å². The van der Waals surface area contributed by atoms with Crippen LogP contribution in [0, 0.1) is 0 Å². The van der Waals surface area contributed by atoms with E-state index in [4.69, 9.17) is 14.2 Å². The molecular weight excluding hydrogens is 949 g/mol. The van der Waals surface area contributed by atoms with E-state index in [2.05, 4.69) is 81.5 Å². The molecule has 0 N–H and O–H groups in total. The minimum absolute atomic E-state index is 0.0668. The fourth-order valence-electron chi connectivity index (χ4n) is 10.0. The average molecular weight is 1080 g/mol. The Morgan fingerprint density at radius 1 is 0.273 bits per heavy atom. The van der Waals surface area contributed by atoms with Gasteiger partial charge in [-0.3, -0.25) is 14.4 Å². The van der Waals surface area contributed by atoms with Gasteiger partial charge in [-0.05, 0) is 64.2 Å². The lowest BCUT2D eigenvalue weighted by Crippen LogP contribution is -2.30. The van der Waals surface area contributed by atoms with Crippen molar-refractivity contribution in [2.75, 3.05) is 13.2 Å². The lowest BCUT2D eigenvalue weighted by molar-refractivity contribution is -0.167. The second kappa shape index (κ2) is 65.6. The molecule has 6 heteroatoms. The molecule has 0 aliphatic heterocycles. The van der Waals surface area contributed by atoms with Crippen molar-refractivity contribution in [2.45, 2.75) is 361 Å². The molecule has 1 atom stereocenters. The first kappa shape index (κ1) is 74.1. The number of esters is 3. The van der Waals surface area contributed by atoms with Crippen LogP contribution >= 0.6 is 0 Å². The van der Waals surface area contributed by atoms with Crippen LogP contribution in [0.25, 0.3) is 0 Å². The predicted molar refractivity (Wildman–Crippen MR) is 335 cm³/mol. The molecular formula is C71H128O6. The zero-order chi connectivity index (χ0) is 55.7. The highest BCUT2D eigenvalue weighted by molar-refractivity contribution is 5.71. The number of allylic oxidation sites excluding steroid dienone is 10. The molecule has 0 bridgehead atoms. The Morgan fingerprint density at radius 3 is 0.792 bits per heavy atom. The van der Waals surface area contributed by atoms with Crippen LogP contribution in [0.1, 0.15) is 355 Å². The summed E-state index contributed by atoms with van der Waals surface area (Å²) < 4.78 is 16.9. The molecule has 6 nitrogen and oxygen atoms in total. The molecule has 0 amide bonds. The van der Waals surface area contributed by atoms with Gasteiger partial charge in [0.05, 0.1) is 0 Å². The van der Waals surface area contributed by atoms with E-state index in [1.807, 2.05) is 0 Å². The smallest absolute Gasteiger partial charge is 0.306 e. The summed E-state index contributed by atoms with van der Waals surface area (Å²) in [7, 11) is 0. The van der Waals surface area contributed by atoms with Gasteiger partial charge in [-0.15, -0.1) is 0 Å². The molecule has 0 fully saturated rings. The van der Waals surface area contributed by atoms with E-state index < -0.39 is 6.10 Å². The summed E-state index contributed by atoms with van der Waals surface area (Å²) in [5, 5.41) is 0. The Balaban J connectivity index is 3.96. The Hall–Kier alpha value is -2.89. The molecule has 0 aliphatic carbocycles. The highest BCUT2D eigenvalue weighted by atomic mass is 16.6. The van der Waals surface area contributed by atoms with Crippen molar-refractivity contribution in [3.05, 3.63) is 60.8 Å². The van der Waals surface area contributed by atoms with E-state index in [1.54, 1.807) is 0 Å². The molecule has 0 radical (unpaired) electrons. The van der Waals surface area contributed by atoms with Gasteiger partial charge >= 0.3 is 17.9 Å². The normalized spacial score (nSPS) is 12.4. The molecule has 0 heterocycles. The molecule has 1 unspecified atom stereocenters. The number of unbranched alkanes of at least 4 members (excludes halogenated alkanes) is 41. The third kappa shape index (κ3) is 63.8. The molecule has 0 saturated heterocycles. The second-order valence-corrected chi connectivity index (χ2v) is 22.7. The monoisotopic (exact) mass is 1080 g/mol. The van der Waals surface area contributed by atoms with Crippen LogP contribution in [-0.2, 0) is 28.6 Å². The Morgan fingerprint density at radius 2 is 0.506 bits per heavy atom. The topological polar surface area (TPSA) is 78.9 Å². The summed E-state index contributed by atoms with van der Waals surface area (Å²) in [6, 6.07) is 0. The van der Waals surface area contributed by atoms with Crippen molar-refractivity contribution >= 4 is 17.9 Å². The predicted octanol–water partition coefficient (Wildman–Crippen LogP) is 23.1. The number of carbonyl (C=O) groups excluding carboxylic acids is 3. The largest absolute Gasteiger partial charge is 0.462 e. The minimum Gasteiger partial charge on any atom is -0.462 e. The number of rotatable bonds is 62. The molecule has 0 aromatic carbocycles. The van der Waals surface area contributed by atoms with Crippen molar-refractivity contribution in [3.8, 4) is 0 Å². The fourth-order valence-corrected chi connectivity index (χ4v) is 10.0. The zero-order valence-electron chi connectivity index (χ0n) is 51.5. The summed E-state index contributed by atoms with van der Waals surface area (Å²) in [5.74, 6) is -0.851. The number of carbonyl (C=O) groups is 3. The fraction of sp³-hybridized carbons (Fsp3) is 0.817. The van der Waals surface area contributed by atoms with Crippen molar-refractivity contribution in [1.82, 2.24) is 0 Å². The highest BCUT2D eigenvalue weighted by Crippen LogP contribution is 2.18. The molecule has 0 aliphatic rings. The molecule has 0 aromatic heterocycles. The van der Waals surface area contributed by atoms with E-state index >= 15 is 0 Å². The van der Waals surface area contributed by atoms with E-state index in [0.717, 1.165) is 89.9 Å². The SMILES string of the molecule is CC/C=C\C/C=C\C/C=C\C/C=C\C/C=C\CCCCCCCCCCCCCCCCCCCCCC(=O)OCC(COC(=O)CCCCCCCCC)OC(=O)CCCCCCCCCCCCCCCCCCC. The summed E-state index contributed by atoms with van der Waals surface area (Å²) in [6.07, 6.45) is 84.2. The van der Waals surface area contributed by atoms with E-state index in [9.17, 15) is 14.4 Å². The van der Waals surface area contributed by atoms with Gasteiger partial charge in [0, 0.05) is 19.3 Å². The van der Waals surface area contributed by atoms with Crippen molar-refractivity contribution in [1.29, 1.82) is 0 Å². The molecule has 0 aromatic rings. The maximum atomic E-state index is 12.8. The molecule has 77 heavy (non-hydrogen) atoms. The third-order valence-corrected chi connectivity index (χ3v) is 15.0. The molecule has 448 valence electrons. The summed E-state index contributed by atoms with van der Waals surface area (Å²) in [5.41, 5.74) is 0. The number of hydrogen-bond donors (Lipinski definition) is 0. The Labute approximate surface area is 479 Å². The molecule has 0 rings (SSSR count). The van der Waals surface area contributed by atoms with Crippen LogP contribution < -0.4 is 0 Å². The van der Waals surface area contributed by atoms with Crippen LogP contribution in [0.3, 0.4) is 0 Å². The van der Waals surface area contributed by atoms with Crippen LogP contribution in [0.5, 0.6) is 0 Å². The van der Waals surface area contributed by atoms with Crippen molar-refractivity contribution < 1.29 is 28.6 Å². The van der Waals surface area contributed by atoms with E-state index in [0.29, 0.717) is 19.3 Å². The van der Waals surface area contributed by atoms with Gasteiger partial charge < -0.3 is 14.2 Å². The standard InChI is InChI=1S/C71H128O6/c1-4-7-10-13-16-18-20-22-24-26-27-28-29-30-31-32-33-34-35-36-37-38-39-40-41-42-43-45-46-48-50-52-55-58-61-64-70(73)76-67-68(66-75-69(72)63-60-57-54-15-12-9-6-3)77-71(74)65-62-59-56-53-51-49-47-44-25-23-21-19-17-14-11-8-5-2/h7,10,16,18,22,24,27-28,30-31,68H,4-6,8-9,11-15,17,19-21,23,25-26,29,32-67H2,1-3H3/b10-7-,18-16-,24-22-,28-27-,31-30-. The number of hydrogen-bond acceptors (Lipinski definition) is 6. The first-order valence-corrected chi connectivity index (χ1v) is 33.8. The van der Waals surface area contributed by atoms with Crippen LogP contribution in [0.2, 0.25) is 0 Å². The van der Waals surface area contributed by atoms with Crippen molar-refractivity contribution in [2.24, 2.45) is 0 Å². The number of ether oxygens (including phenoxy) is 3. The summed E-state index contributed by atoms with van der Waals surface area (Å²) in [6.45, 7) is 6.54. The van der Waals surface area contributed by atoms with E-state index in [-0.39, 0.29) is 31.1 Å². The lowest BCUT2D eigenvalue weighted by atomic mass is 10.0. The van der Waals surface area contributed by atoms with Gasteiger partial charge in [-0.25, -0.2) is 0 Å². The van der Waals surface area contributed by atoms with E-state index in [1.165, 1.54) is 225 Å². The minimum atomic E-state index is -0.766. The van der Waals surface area contributed by atoms with Gasteiger partial charge in [0.25, 0.3) is 0 Å². The first-order valence-electron chi connectivity index (χ1n) is 33.8. The van der Waals surface area contributed by atoms with Crippen molar-refractivity contribution in [3.63, 3.8) is 0 Å². The molecule has 0 spiro atoms. The van der Waals surface area contributed by atoms with Gasteiger partial charge in [-0.1, -0.05) is 332 Å². The molecule has 0 saturated carbocycles. The van der Waals surface area contributed by atoms with Gasteiger partial charge in [0.2, 0.25) is 0 Å². The quantitative estimate of drug-likeness (QED) is 0.0261. The lowest BCUT2D eigenvalue weighted by Gasteiger charge is -2.18. The third-order valence-electron chi connectivity index (χ3n) is 15.0. The average Bonchev–Trinajstić information content (AvgIpc) is 3.43. The first-order chi connectivity index (χ1) is 38.0. The van der Waals surface area contributed by atoms with Crippen LogP contribution in [0.4, 0.5) is 0 Å². The maximum Gasteiger partial charge on any atom is 0.306 e.